The number of fused-ring (bicyclic) bond motifs is 1. The number of carbonyl (C=O) groups is 2. The van der Waals surface area contributed by atoms with Crippen molar-refractivity contribution < 1.29 is 14.3 Å². The molecular weight excluding hydrogens is 232 g/mol. The molecule has 1 N–H and O–H groups in total. The van der Waals surface area contributed by atoms with E-state index in [4.69, 9.17) is 0 Å². The van der Waals surface area contributed by atoms with Gasteiger partial charge in [0.25, 0.3) is 0 Å². The Balaban J connectivity index is 2.41. The normalized spacial score (nSPS) is 10.1. The fourth-order valence-corrected chi connectivity index (χ4v) is 1.63. The Morgan fingerprint density at radius 2 is 2.06 bits per heavy atom. The Morgan fingerprint density at radius 3 is 2.72 bits per heavy atom. The van der Waals surface area contributed by atoms with Crippen molar-refractivity contribution in [3.63, 3.8) is 0 Å². The number of esters is 1. The van der Waals surface area contributed by atoms with E-state index in [1.54, 1.807) is 24.3 Å². The van der Waals surface area contributed by atoms with Gasteiger partial charge in [0.2, 0.25) is 5.91 Å². The fraction of sp³-hybridized carbons (Fsp3) is 0.154. The van der Waals surface area contributed by atoms with E-state index < -0.39 is 5.97 Å². The first-order valence-corrected chi connectivity index (χ1v) is 5.36. The highest BCUT2D eigenvalue weighted by atomic mass is 16.5. The molecule has 0 atom stereocenters. The van der Waals surface area contributed by atoms with Gasteiger partial charge in [0.05, 0.1) is 18.2 Å². The number of hydrogen-bond acceptors (Lipinski definition) is 4. The molecule has 0 saturated heterocycles. The third kappa shape index (κ3) is 2.45. The molecule has 0 saturated carbocycles. The number of nitrogens with one attached hydrogen (secondary N) is 1. The first-order chi connectivity index (χ1) is 8.60. The maximum atomic E-state index is 11.4. The summed E-state index contributed by atoms with van der Waals surface area (Å²) in [5, 5.41) is 3.49. The molecule has 0 fully saturated rings. The number of aromatic nitrogens is 1. The summed E-state index contributed by atoms with van der Waals surface area (Å²) in [5.74, 6) is -0.559. The van der Waals surface area contributed by atoms with Gasteiger partial charge < -0.3 is 10.1 Å². The Bertz CT molecular complexity index is 623. The number of pyridine rings is 1. The van der Waals surface area contributed by atoms with Gasteiger partial charge in [-0.3, -0.25) is 9.78 Å². The average Bonchev–Trinajstić information content (AvgIpc) is 2.36. The standard InChI is InChI=1S/C13H12N2O3/c1-8(16)15-11-4-3-9-5-10(13(17)18-2)7-14-12(9)6-11/h3-7H,1-2H3,(H,15,16). The summed E-state index contributed by atoms with van der Waals surface area (Å²) in [6, 6.07) is 7.00. The van der Waals surface area contributed by atoms with Gasteiger partial charge in [-0.15, -0.1) is 0 Å². The number of anilines is 1. The van der Waals surface area contributed by atoms with Crippen LogP contribution in [0.3, 0.4) is 0 Å². The molecule has 0 spiro atoms. The van der Waals surface area contributed by atoms with Gasteiger partial charge in [-0.05, 0) is 18.2 Å². The van der Waals surface area contributed by atoms with E-state index in [1.165, 1.54) is 20.2 Å². The minimum atomic E-state index is -0.421. The SMILES string of the molecule is COC(=O)c1cnc2cc(NC(C)=O)ccc2c1. The van der Waals surface area contributed by atoms with E-state index in [0.29, 0.717) is 16.8 Å². The first-order valence-electron chi connectivity index (χ1n) is 5.36. The molecule has 18 heavy (non-hydrogen) atoms. The third-order valence-electron chi connectivity index (χ3n) is 2.43. The summed E-state index contributed by atoms with van der Waals surface area (Å²) in [5.41, 5.74) is 1.78. The van der Waals surface area contributed by atoms with E-state index in [2.05, 4.69) is 15.0 Å². The molecule has 0 radical (unpaired) electrons. The number of amides is 1. The fourth-order valence-electron chi connectivity index (χ4n) is 1.63. The highest BCUT2D eigenvalue weighted by Gasteiger charge is 2.07. The van der Waals surface area contributed by atoms with E-state index in [1.807, 2.05) is 0 Å². The van der Waals surface area contributed by atoms with Gasteiger partial charge in [0.15, 0.2) is 0 Å². The predicted molar refractivity (Wildman–Crippen MR) is 67.4 cm³/mol. The molecule has 0 aliphatic carbocycles. The van der Waals surface area contributed by atoms with E-state index in [0.717, 1.165) is 5.39 Å². The van der Waals surface area contributed by atoms with Crippen LogP contribution in [-0.2, 0) is 9.53 Å². The number of hydrogen-bond donors (Lipinski definition) is 1. The predicted octanol–water partition coefficient (Wildman–Crippen LogP) is 1.98. The zero-order chi connectivity index (χ0) is 13.1. The van der Waals surface area contributed by atoms with E-state index >= 15 is 0 Å². The number of nitrogens with zero attached hydrogens (tertiary/aromatic N) is 1. The summed E-state index contributed by atoms with van der Waals surface area (Å²) >= 11 is 0. The van der Waals surface area contributed by atoms with Crippen molar-refractivity contribution in [3.8, 4) is 0 Å². The zero-order valence-electron chi connectivity index (χ0n) is 10.1. The Labute approximate surface area is 104 Å². The second-order valence-electron chi connectivity index (χ2n) is 3.80. The third-order valence-corrected chi connectivity index (χ3v) is 2.43. The zero-order valence-corrected chi connectivity index (χ0v) is 10.1. The Kier molecular flexibility index (Phi) is 3.23. The smallest absolute Gasteiger partial charge is 0.339 e. The van der Waals surface area contributed by atoms with Crippen LogP contribution in [0.25, 0.3) is 10.9 Å². The van der Waals surface area contributed by atoms with Gasteiger partial charge in [0, 0.05) is 24.2 Å². The van der Waals surface area contributed by atoms with Crippen molar-refractivity contribution in [3.05, 3.63) is 36.0 Å². The molecule has 5 heteroatoms. The van der Waals surface area contributed by atoms with Crippen LogP contribution in [0.4, 0.5) is 5.69 Å². The number of rotatable bonds is 2. The number of carbonyl (C=O) groups excluding carboxylic acids is 2. The summed E-state index contributed by atoms with van der Waals surface area (Å²) < 4.78 is 4.63. The molecule has 1 aromatic heterocycles. The highest BCUT2D eigenvalue weighted by Crippen LogP contribution is 2.18. The van der Waals surface area contributed by atoms with Crippen LogP contribution in [0.2, 0.25) is 0 Å². The van der Waals surface area contributed by atoms with Crippen molar-refractivity contribution in [2.75, 3.05) is 12.4 Å². The van der Waals surface area contributed by atoms with E-state index in [-0.39, 0.29) is 5.91 Å². The first kappa shape index (κ1) is 12.0. The van der Waals surface area contributed by atoms with Crippen LogP contribution in [0, 0.1) is 0 Å². The second-order valence-corrected chi connectivity index (χ2v) is 3.80. The maximum Gasteiger partial charge on any atom is 0.339 e. The molecule has 2 rings (SSSR count). The molecule has 0 bridgehead atoms. The van der Waals surface area contributed by atoms with Crippen LogP contribution >= 0.6 is 0 Å². The second kappa shape index (κ2) is 4.83. The maximum absolute atomic E-state index is 11.4. The molecule has 5 nitrogen and oxygen atoms in total. The lowest BCUT2D eigenvalue weighted by Crippen LogP contribution is -2.05. The van der Waals surface area contributed by atoms with Crippen LogP contribution in [-0.4, -0.2) is 24.0 Å². The number of methoxy groups -OCH3 is 1. The van der Waals surface area contributed by atoms with Crippen molar-refractivity contribution in [2.24, 2.45) is 0 Å². The quantitative estimate of drug-likeness (QED) is 0.820. The van der Waals surface area contributed by atoms with Crippen molar-refractivity contribution in [1.82, 2.24) is 4.98 Å². The average molecular weight is 244 g/mol. The lowest BCUT2D eigenvalue weighted by Gasteiger charge is -2.05. The molecular formula is C13H12N2O3. The topological polar surface area (TPSA) is 68.3 Å². The summed E-state index contributed by atoms with van der Waals surface area (Å²) in [4.78, 5) is 26.5. The van der Waals surface area contributed by atoms with Gasteiger partial charge in [0.1, 0.15) is 0 Å². The van der Waals surface area contributed by atoms with E-state index in [9.17, 15) is 9.59 Å². The summed E-state index contributed by atoms with van der Waals surface area (Å²) in [6.07, 6.45) is 1.45. The van der Waals surface area contributed by atoms with Crippen LogP contribution in [0.5, 0.6) is 0 Å². The van der Waals surface area contributed by atoms with Gasteiger partial charge in [-0.25, -0.2) is 4.79 Å². The molecule has 2 aromatic rings. The largest absolute Gasteiger partial charge is 0.465 e. The molecule has 1 aromatic carbocycles. The van der Waals surface area contributed by atoms with Gasteiger partial charge in [-0.2, -0.15) is 0 Å². The Hall–Kier alpha value is -2.43. The molecule has 0 aliphatic rings. The minimum Gasteiger partial charge on any atom is -0.465 e. The van der Waals surface area contributed by atoms with Gasteiger partial charge in [-0.1, -0.05) is 6.07 Å². The van der Waals surface area contributed by atoms with Crippen molar-refractivity contribution >= 4 is 28.5 Å². The van der Waals surface area contributed by atoms with Crippen molar-refractivity contribution in [1.29, 1.82) is 0 Å². The monoisotopic (exact) mass is 244 g/mol. The molecule has 1 amide bonds. The molecule has 1 heterocycles. The van der Waals surface area contributed by atoms with Crippen LogP contribution in [0.15, 0.2) is 30.5 Å². The summed E-state index contributed by atoms with van der Waals surface area (Å²) in [6.45, 7) is 1.44. The molecule has 92 valence electrons. The summed E-state index contributed by atoms with van der Waals surface area (Å²) in [7, 11) is 1.33. The van der Waals surface area contributed by atoms with Crippen molar-refractivity contribution in [2.45, 2.75) is 6.92 Å². The lowest BCUT2D eigenvalue weighted by molar-refractivity contribution is -0.114. The molecule has 0 aliphatic heterocycles. The number of ether oxygens (including phenoxy) is 1. The number of benzene rings is 1. The highest BCUT2D eigenvalue weighted by molar-refractivity contribution is 5.95. The lowest BCUT2D eigenvalue weighted by atomic mass is 10.1. The van der Waals surface area contributed by atoms with Crippen LogP contribution < -0.4 is 5.32 Å². The molecule has 0 unspecified atom stereocenters. The Morgan fingerprint density at radius 1 is 1.28 bits per heavy atom. The van der Waals surface area contributed by atoms with Gasteiger partial charge >= 0.3 is 5.97 Å². The minimum absolute atomic E-state index is 0.138. The van der Waals surface area contributed by atoms with Crippen LogP contribution in [0.1, 0.15) is 17.3 Å².